The first-order valence-corrected chi connectivity index (χ1v) is 13.7. The van der Waals surface area contributed by atoms with Gasteiger partial charge in [0.15, 0.2) is 5.16 Å². The highest BCUT2D eigenvalue weighted by molar-refractivity contribution is 7.99. The molecule has 1 aliphatic carbocycles. The first-order valence-electron chi connectivity index (χ1n) is 11.9. The Hall–Kier alpha value is -2.90. The summed E-state index contributed by atoms with van der Waals surface area (Å²) in [6, 6.07) is 19.0. The fourth-order valence-corrected chi connectivity index (χ4v) is 6.85. The van der Waals surface area contributed by atoms with Crippen molar-refractivity contribution in [2.45, 2.75) is 45.2 Å². The molecule has 7 heteroatoms. The summed E-state index contributed by atoms with van der Waals surface area (Å²) in [5.41, 5.74) is 2.88. The van der Waals surface area contributed by atoms with E-state index in [4.69, 9.17) is 4.98 Å². The minimum absolute atomic E-state index is 0.0427. The largest absolute Gasteiger partial charge is 0.325 e. The topological polar surface area (TPSA) is 64.0 Å². The summed E-state index contributed by atoms with van der Waals surface area (Å²) in [7, 11) is 0. The van der Waals surface area contributed by atoms with E-state index >= 15 is 0 Å². The van der Waals surface area contributed by atoms with Crippen molar-refractivity contribution in [3.05, 3.63) is 81.5 Å². The van der Waals surface area contributed by atoms with Crippen LogP contribution in [-0.4, -0.2) is 21.2 Å². The number of anilines is 1. The van der Waals surface area contributed by atoms with Gasteiger partial charge in [-0.25, -0.2) is 4.98 Å². The second-order valence-electron chi connectivity index (χ2n) is 10.1. The molecule has 5 nitrogen and oxygen atoms in total. The summed E-state index contributed by atoms with van der Waals surface area (Å²) in [5.74, 6) is 0.625. The molecule has 1 aliphatic rings. The molecule has 2 heterocycles. The predicted octanol–water partition coefficient (Wildman–Crippen LogP) is 6.33. The molecule has 0 spiro atoms. The minimum Gasteiger partial charge on any atom is -0.325 e. The molecule has 0 unspecified atom stereocenters. The lowest BCUT2D eigenvalue weighted by Gasteiger charge is -2.33. The Morgan fingerprint density at radius 3 is 2.49 bits per heavy atom. The highest BCUT2D eigenvalue weighted by Crippen LogP contribution is 2.42. The number of amides is 1. The normalized spacial score (nSPS) is 15.7. The van der Waals surface area contributed by atoms with E-state index < -0.39 is 0 Å². The number of carbonyl (C=O) groups excluding carboxylic acids is 1. The number of benzene rings is 2. The number of rotatable bonds is 5. The van der Waals surface area contributed by atoms with Crippen LogP contribution in [-0.2, 0) is 17.6 Å². The van der Waals surface area contributed by atoms with Crippen LogP contribution in [0.1, 0.15) is 37.6 Å². The number of hydrogen-bond donors (Lipinski definition) is 1. The van der Waals surface area contributed by atoms with E-state index in [1.54, 1.807) is 15.9 Å². The van der Waals surface area contributed by atoms with Gasteiger partial charge in [0.25, 0.3) is 5.56 Å². The van der Waals surface area contributed by atoms with Crippen molar-refractivity contribution in [1.29, 1.82) is 0 Å². The zero-order chi connectivity index (χ0) is 24.6. The second-order valence-corrected chi connectivity index (χ2v) is 12.1. The van der Waals surface area contributed by atoms with Crippen LogP contribution in [0, 0.1) is 11.3 Å². The third-order valence-electron chi connectivity index (χ3n) is 6.68. The number of nitrogens with zero attached hydrogens (tertiary/aromatic N) is 2. The van der Waals surface area contributed by atoms with Gasteiger partial charge >= 0.3 is 0 Å². The predicted molar refractivity (Wildman–Crippen MR) is 146 cm³/mol. The van der Waals surface area contributed by atoms with Gasteiger partial charge < -0.3 is 5.32 Å². The molecule has 4 aromatic rings. The van der Waals surface area contributed by atoms with Crippen molar-refractivity contribution >= 4 is 44.9 Å². The van der Waals surface area contributed by atoms with Crippen molar-refractivity contribution in [2.24, 2.45) is 11.3 Å². The van der Waals surface area contributed by atoms with Gasteiger partial charge in [-0.2, -0.15) is 0 Å². The molecule has 0 radical (unpaired) electrons. The lowest BCUT2D eigenvalue weighted by Crippen LogP contribution is -2.27. The van der Waals surface area contributed by atoms with E-state index in [0.29, 0.717) is 11.1 Å². The van der Waals surface area contributed by atoms with Crippen LogP contribution in [0.25, 0.3) is 15.9 Å². The van der Waals surface area contributed by atoms with E-state index in [1.165, 1.54) is 22.2 Å². The maximum Gasteiger partial charge on any atom is 0.267 e. The molecule has 1 atom stereocenters. The van der Waals surface area contributed by atoms with Crippen molar-refractivity contribution in [2.75, 3.05) is 11.1 Å². The monoisotopic (exact) mass is 503 g/mol. The van der Waals surface area contributed by atoms with Crippen molar-refractivity contribution < 1.29 is 4.79 Å². The molecule has 35 heavy (non-hydrogen) atoms. The quantitative estimate of drug-likeness (QED) is 0.255. The molecule has 0 saturated carbocycles. The lowest BCUT2D eigenvalue weighted by molar-refractivity contribution is -0.113. The van der Waals surface area contributed by atoms with E-state index in [-0.39, 0.29) is 22.6 Å². The molecule has 2 aromatic carbocycles. The fourth-order valence-electron chi connectivity index (χ4n) is 4.70. The zero-order valence-electron chi connectivity index (χ0n) is 20.2. The second kappa shape index (κ2) is 9.63. The van der Waals surface area contributed by atoms with Gasteiger partial charge in [0.1, 0.15) is 4.83 Å². The SMILES string of the molecule is CC(C)(C)[C@@H]1CCc2c(sc3nc(SCC(=O)Nc4ccccc4)n(-c4ccccc4)c(=O)c23)C1. The Kier molecular flexibility index (Phi) is 6.55. The van der Waals surface area contributed by atoms with Gasteiger partial charge in [-0.15, -0.1) is 11.3 Å². The van der Waals surface area contributed by atoms with Crippen molar-refractivity contribution in [3.8, 4) is 5.69 Å². The third-order valence-corrected chi connectivity index (χ3v) is 8.77. The van der Waals surface area contributed by atoms with Crippen LogP contribution < -0.4 is 10.9 Å². The standard InChI is InChI=1S/C28H29N3O2S2/c1-28(2,3)18-14-15-21-22(16-18)35-25-24(21)26(33)31(20-12-8-5-9-13-20)27(30-25)34-17-23(32)29-19-10-6-4-7-11-19/h4-13,18H,14-17H2,1-3H3,(H,29,32)/t18-/m1/s1. The van der Waals surface area contributed by atoms with Gasteiger partial charge in [-0.3, -0.25) is 14.2 Å². The summed E-state index contributed by atoms with van der Waals surface area (Å²) in [6.45, 7) is 6.89. The van der Waals surface area contributed by atoms with Crippen LogP contribution in [0.2, 0.25) is 0 Å². The maximum atomic E-state index is 13.9. The van der Waals surface area contributed by atoms with Gasteiger partial charge in [-0.1, -0.05) is 68.9 Å². The summed E-state index contributed by atoms with van der Waals surface area (Å²) in [6.07, 6.45) is 2.99. The molecule has 180 valence electrons. The molecule has 0 bridgehead atoms. The molecular formula is C28H29N3O2S2. The highest BCUT2D eigenvalue weighted by Gasteiger charge is 2.32. The number of carbonyl (C=O) groups is 1. The molecule has 1 N–H and O–H groups in total. The average Bonchev–Trinajstić information content (AvgIpc) is 3.21. The van der Waals surface area contributed by atoms with E-state index in [9.17, 15) is 9.59 Å². The number of hydrogen-bond acceptors (Lipinski definition) is 5. The van der Waals surface area contributed by atoms with Crippen LogP contribution in [0.5, 0.6) is 0 Å². The Labute approximate surface area is 213 Å². The van der Waals surface area contributed by atoms with Gasteiger partial charge in [-0.05, 0) is 60.4 Å². The van der Waals surface area contributed by atoms with E-state index in [2.05, 4.69) is 26.1 Å². The highest BCUT2D eigenvalue weighted by atomic mass is 32.2. The number of aromatic nitrogens is 2. The molecule has 1 amide bonds. The van der Waals surface area contributed by atoms with Crippen molar-refractivity contribution in [3.63, 3.8) is 0 Å². The Balaban J connectivity index is 1.53. The number of fused-ring (bicyclic) bond motifs is 3. The van der Waals surface area contributed by atoms with E-state index in [0.717, 1.165) is 40.9 Å². The molecule has 0 fully saturated rings. The summed E-state index contributed by atoms with van der Waals surface area (Å²) in [4.78, 5) is 33.6. The van der Waals surface area contributed by atoms with Gasteiger partial charge in [0.05, 0.1) is 16.8 Å². The maximum absolute atomic E-state index is 13.9. The molecule has 2 aromatic heterocycles. The average molecular weight is 504 g/mol. The molecule has 0 saturated heterocycles. The first kappa shape index (κ1) is 23.8. The third kappa shape index (κ3) is 4.93. The zero-order valence-corrected chi connectivity index (χ0v) is 21.8. The molecule has 5 rings (SSSR count). The van der Waals surface area contributed by atoms with E-state index in [1.807, 2.05) is 60.7 Å². The first-order chi connectivity index (χ1) is 16.8. The molecule has 0 aliphatic heterocycles. The summed E-state index contributed by atoms with van der Waals surface area (Å²) in [5, 5.41) is 4.20. The van der Waals surface area contributed by atoms with Gasteiger partial charge in [0.2, 0.25) is 5.91 Å². The number of thiophene rings is 1. The van der Waals surface area contributed by atoms with Crippen LogP contribution >= 0.6 is 23.1 Å². The van der Waals surface area contributed by atoms with Crippen LogP contribution in [0.3, 0.4) is 0 Å². The smallest absolute Gasteiger partial charge is 0.267 e. The Bertz CT molecular complexity index is 1420. The van der Waals surface area contributed by atoms with Crippen LogP contribution in [0.15, 0.2) is 70.6 Å². The minimum atomic E-state index is -0.131. The summed E-state index contributed by atoms with van der Waals surface area (Å²) < 4.78 is 1.67. The fraction of sp³-hybridized carbons (Fsp3) is 0.321. The van der Waals surface area contributed by atoms with Gasteiger partial charge in [0, 0.05) is 10.6 Å². The lowest BCUT2D eigenvalue weighted by atomic mass is 9.72. The number of thioether (sulfide) groups is 1. The van der Waals surface area contributed by atoms with Crippen molar-refractivity contribution in [1.82, 2.24) is 9.55 Å². The molecular weight excluding hydrogens is 474 g/mol. The van der Waals surface area contributed by atoms with Crippen LogP contribution in [0.4, 0.5) is 5.69 Å². The number of nitrogens with one attached hydrogen (secondary N) is 1. The number of para-hydroxylation sites is 2. The summed E-state index contributed by atoms with van der Waals surface area (Å²) >= 11 is 2.95. The Morgan fingerprint density at radius 1 is 1.11 bits per heavy atom. The number of aryl methyl sites for hydroxylation is 1. The Morgan fingerprint density at radius 2 is 1.80 bits per heavy atom.